The van der Waals surface area contributed by atoms with Gasteiger partial charge in [-0.2, -0.15) is 0 Å². The number of benzene rings is 4. The molecule has 0 saturated carbocycles. The second-order valence-corrected chi connectivity index (χ2v) is 9.34. The fourth-order valence-corrected chi connectivity index (χ4v) is 4.81. The largest absolute Gasteiger partial charge is 0.491 e. The lowest BCUT2D eigenvalue weighted by Gasteiger charge is -2.27. The normalized spacial score (nSPS) is 12.2. The minimum atomic E-state index is -0.858. The first-order valence-corrected chi connectivity index (χ1v) is 12.9. The summed E-state index contributed by atoms with van der Waals surface area (Å²) in [5.41, 5.74) is 7.08. The number of carboxylic acids is 1. The number of nitrogens with one attached hydrogen (secondary N) is 1. The van der Waals surface area contributed by atoms with E-state index in [4.69, 9.17) is 9.84 Å². The van der Waals surface area contributed by atoms with E-state index in [1.54, 1.807) is 12.1 Å². The Morgan fingerprint density at radius 3 is 2.37 bits per heavy atom. The molecular formula is C32H30N2O4. The summed E-state index contributed by atoms with van der Waals surface area (Å²) in [5.74, 6) is -0.555. The van der Waals surface area contributed by atoms with Gasteiger partial charge in [-0.1, -0.05) is 60.7 Å². The molecule has 192 valence electrons. The predicted octanol–water partition coefficient (Wildman–Crippen LogP) is 6.62. The standard InChI is InChI=1S/C32H30N2O4/c35-31(36)15-8-20-38-30-14-7-5-12-27(30)33-32(37)26-18-19-29-25(21-26)17-16-24-11-4-6-13-28(24)34(29)22-23-9-2-1-3-10-23/h1-7,9-14,18-19,21H,8,15-17,20,22H2,(H,33,37)(H,35,36). The summed E-state index contributed by atoms with van der Waals surface area (Å²) < 4.78 is 5.75. The fraction of sp³-hybridized carbons (Fsp3) is 0.188. The van der Waals surface area contributed by atoms with Crippen molar-refractivity contribution in [3.63, 3.8) is 0 Å². The molecular weight excluding hydrogens is 476 g/mol. The van der Waals surface area contributed by atoms with Crippen molar-refractivity contribution in [1.29, 1.82) is 0 Å². The molecule has 0 aromatic heterocycles. The third-order valence-corrected chi connectivity index (χ3v) is 6.69. The highest BCUT2D eigenvalue weighted by atomic mass is 16.5. The van der Waals surface area contributed by atoms with E-state index in [2.05, 4.69) is 58.7 Å². The van der Waals surface area contributed by atoms with E-state index < -0.39 is 5.97 Å². The van der Waals surface area contributed by atoms with E-state index in [0.717, 1.165) is 30.6 Å². The van der Waals surface area contributed by atoms with Gasteiger partial charge in [0, 0.05) is 29.9 Å². The lowest BCUT2D eigenvalue weighted by molar-refractivity contribution is -0.137. The number of carbonyl (C=O) groups excluding carboxylic acids is 1. The van der Waals surface area contributed by atoms with Crippen molar-refractivity contribution in [1.82, 2.24) is 0 Å². The van der Waals surface area contributed by atoms with Crippen LogP contribution in [0.2, 0.25) is 0 Å². The zero-order chi connectivity index (χ0) is 26.3. The number of aliphatic carboxylic acids is 1. The van der Waals surface area contributed by atoms with Gasteiger partial charge < -0.3 is 20.1 Å². The van der Waals surface area contributed by atoms with Gasteiger partial charge in [-0.05, 0) is 72.4 Å². The molecule has 6 heteroatoms. The van der Waals surface area contributed by atoms with Crippen molar-refractivity contribution in [2.45, 2.75) is 32.2 Å². The van der Waals surface area contributed by atoms with Gasteiger partial charge in [0.1, 0.15) is 5.75 Å². The summed E-state index contributed by atoms with van der Waals surface area (Å²) in [7, 11) is 0. The first-order chi connectivity index (χ1) is 18.6. The molecule has 38 heavy (non-hydrogen) atoms. The Hall–Kier alpha value is -4.58. The Bertz CT molecular complexity index is 1430. The number of carbonyl (C=O) groups is 2. The molecule has 2 N–H and O–H groups in total. The molecule has 1 aliphatic heterocycles. The molecule has 4 aromatic carbocycles. The van der Waals surface area contributed by atoms with Crippen LogP contribution < -0.4 is 15.0 Å². The maximum absolute atomic E-state index is 13.3. The first-order valence-electron chi connectivity index (χ1n) is 12.9. The Labute approximate surface area is 222 Å². The number of rotatable bonds is 9. The van der Waals surface area contributed by atoms with Crippen molar-refractivity contribution >= 4 is 28.9 Å². The third kappa shape index (κ3) is 5.86. The van der Waals surface area contributed by atoms with Crippen LogP contribution in [0.3, 0.4) is 0 Å². The summed E-state index contributed by atoms with van der Waals surface area (Å²) in [6, 6.07) is 32.0. The van der Waals surface area contributed by atoms with Crippen molar-refractivity contribution < 1.29 is 19.4 Å². The van der Waals surface area contributed by atoms with Gasteiger partial charge in [0.25, 0.3) is 5.91 Å². The number of hydrogen-bond acceptors (Lipinski definition) is 4. The van der Waals surface area contributed by atoms with Crippen LogP contribution in [0.25, 0.3) is 0 Å². The zero-order valence-electron chi connectivity index (χ0n) is 21.1. The van der Waals surface area contributed by atoms with Crippen molar-refractivity contribution in [3.8, 4) is 5.75 Å². The second kappa shape index (κ2) is 11.6. The average Bonchev–Trinajstić information content (AvgIpc) is 3.09. The van der Waals surface area contributed by atoms with Crippen LogP contribution in [-0.2, 0) is 24.2 Å². The minimum Gasteiger partial charge on any atom is -0.491 e. The summed E-state index contributed by atoms with van der Waals surface area (Å²) >= 11 is 0. The average molecular weight is 507 g/mol. The Kier molecular flexibility index (Phi) is 7.69. The van der Waals surface area contributed by atoms with Gasteiger partial charge in [0.05, 0.1) is 12.3 Å². The highest BCUT2D eigenvalue weighted by Crippen LogP contribution is 2.38. The number of hydrogen-bond donors (Lipinski definition) is 2. The highest BCUT2D eigenvalue weighted by Gasteiger charge is 2.22. The number of nitrogens with zero attached hydrogens (tertiary/aromatic N) is 1. The Morgan fingerprint density at radius 1 is 0.816 bits per heavy atom. The molecule has 0 unspecified atom stereocenters. The van der Waals surface area contributed by atoms with E-state index in [-0.39, 0.29) is 18.9 Å². The molecule has 0 atom stereocenters. The lowest BCUT2D eigenvalue weighted by atomic mass is 10.0. The maximum Gasteiger partial charge on any atom is 0.303 e. The van der Waals surface area contributed by atoms with Crippen molar-refractivity contribution in [2.24, 2.45) is 0 Å². The van der Waals surface area contributed by atoms with E-state index in [9.17, 15) is 9.59 Å². The van der Waals surface area contributed by atoms with Crippen LogP contribution >= 0.6 is 0 Å². The SMILES string of the molecule is O=C(O)CCCOc1ccccc1NC(=O)c1ccc2c(c1)CCc1ccccc1N2Cc1ccccc1. The zero-order valence-corrected chi connectivity index (χ0v) is 21.1. The van der Waals surface area contributed by atoms with Gasteiger partial charge in [-0.15, -0.1) is 0 Å². The quantitative estimate of drug-likeness (QED) is 0.250. The molecule has 0 aliphatic carbocycles. The molecule has 0 bridgehead atoms. The summed E-state index contributed by atoms with van der Waals surface area (Å²) in [6.45, 7) is 0.999. The molecule has 1 aliphatic rings. The second-order valence-electron chi connectivity index (χ2n) is 9.34. The number of fused-ring (bicyclic) bond motifs is 2. The van der Waals surface area contributed by atoms with Crippen LogP contribution in [0.4, 0.5) is 17.1 Å². The fourth-order valence-electron chi connectivity index (χ4n) is 4.81. The molecule has 0 saturated heterocycles. The molecule has 0 radical (unpaired) electrons. The summed E-state index contributed by atoms with van der Waals surface area (Å²) in [4.78, 5) is 26.4. The van der Waals surface area contributed by atoms with Crippen LogP contribution in [0.5, 0.6) is 5.75 Å². The molecule has 0 spiro atoms. The number of amides is 1. The smallest absolute Gasteiger partial charge is 0.303 e. The maximum atomic E-state index is 13.3. The molecule has 1 heterocycles. The number of aryl methyl sites for hydroxylation is 2. The monoisotopic (exact) mass is 506 g/mol. The molecule has 5 rings (SSSR count). The molecule has 1 amide bonds. The van der Waals surface area contributed by atoms with E-state index in [0.29, 0.717) is 23.4 Å². The van der Waals surface area contributed by atoms with Gasteiger partial charge in [-0.3, -0.25) is 9.59 Å². The Balaban J connectivity index is 1.38. The van der Waals surface area contributed by atoms with Crippen LogP contribution in [0.15, 0.2) is 97.1 Å². The number of carboxylic acid groups (broad SMARTS) is 1. The van der Waals surface area contributed by atoms with Crippen molar-refractivity contribution in [3.05, 3.63) is 119 Å². The van der Waals surface area contributed by atoms with E-state index >= 15 is 0 Å². The van der Waals surface area contributed by atoms with Gasteiger partial charge in [0.2, 0.25) is 0 Å². The molecule has 6 nitrogen and oxygen atoms in total. The first kappa shape index (κ1) is 25.1. The van der Waals surface area contributed by atoms with Gasteiger partial charge >= 0.3 is 5.97 Å². The summed E-state index contributed by atoms with van der Waals surface area (Å²) in [5, 5.41) is 11.8. The van der Waals surface area contributed by atoms with Crippen LogP contribution in [0, 0.1) is 0 Å². The van der Waals surface area contributed by atoms with Gasteiger partial charge in [-0.25, -0.2) is 0 Å². The molecule has 0 fully saturated rings. The Morgan fingerprint density at radius 2 is 1.53 bits per heavy atom. The third-order valence-electron chi connectivity index (χ3n) is 6.69. The minimum absolute atomic E-state index is 0.0365. The summed E-state index contributed by atoms with van der Waals surface area (Å²) in [6.07, 6.45) is 2.16. The van der Waals surface area contributed by atoms with Gasteiger partial charge in [0.15, 0.2) is 0 Å². The topological polar surface area (TPSA) is 78.9 Å². The van der Waals surface area contributed by atoms with Crippen LogP contribution in [-0.4, -0.2) is 23.6 Å². The number of ether oxygens (including phenoxy) is 1. The predicted molar refractivity (Wildman–Crippen MR) is 149 cm³/mol. The van der Waals surface area contributed by atoms with Crippen LogP contribution in [0.1, 0.15) is 39.9 Å². The molecule has 4 aromatic rings. The van der Waals surface area contributed by atoms with E-state index in [1.807, 2.05) is 36.4 Å². The van der Waals surface area contributed by atoms with E-state index in [1.165, 1.54) is 16.8 Å². The van der Waals surface area contributed by atoms with Crippen molar-refractivity contribution in [2.75, 3.05) is 16.8 Å². The number of anilines is 3. The number of para-hydroxylation sites is 3. The highest BCUT2D eigenvalue weighted by molar-refractivity contribution is 6.05. The lowest BCUT2D eigenvalue weighted by Crippen LogP contribution is -2.19.